The minimum Gasteiger partial charge on any atom is -0.493 e. The molecule has 1 aromatic carbocycles. The van der Waals surface area contributed by atoms with Gasteiger partial charge < -0.3 is 24.0 Å². The summed E-state index contributed by atoms with van der Waals surface area (Å²) in [4.78, 5) is 31.4. The molecule has 2 rings (SSSR count). The predicted molar refractivity (Wildman–Crippen MR) is 154 cm³/mol. The van der Waals surface area contributed by atoms with Crippen molar-refractivity contribution in [2.75, 3.05) is 47.1 Å². The van der Waals surface area contributed by atoms with E-state index in [4.69, 9.17) is 14.2 Å². The largest absolute Gasteiger partial charge is 0.493 e. The highest BCUT2D eigenvalue weighted by molar-refractivity contribution is 7.09. The molecule has 1 heterocycles. The fraction of sp³-hybridized carbons (Fsp3) is 0.600. The third-order valence-corrected chi connectivity index (χ3v) is 7.35. The molecule has 0 aliphatic rings. The molecule has 0 aliphatic heterocycles. The number of hydrogen-bond acceptors (Lipinski definition) is 6. The molecule has 0 saturated carbocycles. The third-order valence-electron chi connectivity index (χ3n) is 6.49. The highest BCUT2D eigenvalue weighted by Gasteiger charge is 2.22. The van der Waals surface area contributed by atoms with Crippen LogP contribution in [0.2, 0.25) is 0 Å². The summed E-state index contributed by atoms with van der Waals surface area (Å²) < 4.78 is 16.3. The summed E-state index contributed by atoms with van der Waals surface area (Å²) in [6.07, 6.45) is 7.33. The highest BCUT2D eigenvalue weighted by Crippen LogP contribution is 2.28. The van der Waals surface area contributed by atoms with Gasteiger partial charge in [0.05, 0.1) is 27.3 Å². The standard InChI is InChI=1S/C30H46N2O5S/c1-5-7-8-9-10-14-29(33)31(18-12-20-37-6-2)24-30(34)32(23-26-13-11-21-38-26)19-17-25-15-16-27(35-3)28(22-25)36-4/h11,13,15-16,21-22H,5-10,12,14,17-20,23-24H2,1-4H3. The number of ether oxygens (including phenoxy) is 3. The molecule has 1 aromatic heterocycles. The molecule has 0 fully saturated rings. The molecule has 38 heavy (non-hydrogen) atoms. The maximum Gasteiger partial charge on any atom is 0.242 e. The number of carbonyl (C=O) groups excluding carboxylic acids is 2. The maximum atomic E-state index is 13.6. The molecule has 2 amide bonds. The molecule has 8 heteroatoms. The smallest absolute Gasteiger partial charge is 0.242 e. The zero-order valence-electron chi connectivity index (χ0n) is 23.7. The molecule has 0 atom stereocenters. The van der Waals surface area contributed by atoms with Crippen molar-refractivity contribution in [2.45, 2.75) is 71.8 Å². The molecular weight excluding hydrogens is 500 g/mol. The van der Waals surface area contributed by atoms with Crippen LogP contribution in [0.25, 0.3) is 0 Å². The first-order valence-corrected chi connectivity index (χ1v) is 14.8. The number of thiophene rings is 1. The third kappa shape index (κ3) is 11.4. The second kappa shape index (κ2) is 18.6. The number of rotatable bonds is 20. The van der Waals surface area contributed by atoms with Gasteiger partial charge in [0.1, 0.15) is 0 Å². The van der Waals surface area contributed by atoms with Crippen LogP contribution in [0.15, 0.2) is 35.7 Å². The first-order chi connectivity index (χ1) is 18.5. The average molecular weight is 547 g/mol. The van der Waals surface area contributed by atoms with Crippen molar-refractivity contribution >= 4 is 23.2 Å². The van der Waals surface area contributed by atoms with E-state index in [-0.39, 0.29) is 18.4 Å². The van der Waals surface area contributed by atoms with Crippen molar-refractivity contribution < 1.29 is 23.8 Å². The number of amides is 2. The number of nitrogens with zero attached hydrogens (tertiary/aromatic N) is 2. The van der Waals surface area contributed by atoms with Gasteiger partial charge in [-0.15, -0.1) is 11.3 Å². The van der Waals surface area contributed by atoms with Crippen molar-refractivity contribution in [2.24, 2.45) is 0 Å². The Morgan fingerprint density at radius 1 is 0.868 bits per heavy atom. The van der Waals surface area contributed by atoms with Crippen LogP contribution in [0.4, 0.5) is 0 Å². The van der Waals surface area contributed by atoms with Crippen LogP contribution in [0.1, 0.15) is 69.2 Å². The lowest BCUT2D eigenvalue weighted by atomic mass is 10.1. The summed E-state index contributed by atoms with van der Waals surface area (Å²) in [5.41, 5.74) is 1.06. The number of hydrogen-bond donors (Lipinski definition) is 0. The molecular formula is C30H46N2O5S. The molecule has 0 bridgehead atoms. The van der Waals surface area contributed by atoms with Crippen LogP contribution < -0.4 is 9.47 Å². The van der Waals surface area contributed by atoms with Gasteiger partial charge in [-0.05, 0) is 55.3 Å². The quantitative estimate of drug-likeness (QED) is 0.192. The van der Waals surface area contributed by atoms with Gasteiger partial charge in [0.15, 0.2) is 11.5 Å². The minimum absolute atomic E-state index is 0.0328. The lowest BCUT2D eigenvalue weighted by Gasteiger charge is -2.28. The molecule has 0 N–H and O–H groups in total. The topological polar surface area (TPSA) is 68.3 Å². The van der Waals surface area contributed by atoms with Crippen molar-refractivity contribution in [1.29, 1.82) is 0 Å². The van der Waals surface area contributed by atoms with Gasteiger partial charge in [0.2, 0.25) is 11.8 Å². The molecule has 0 spiro atoms. The van der Waals surface area contributed by atoms with Gasteiger partial charge in [-0.2, -0.15) is 0 Å². The molecule has 0 unspecified atom stereocenters. The van der Waals surface area contributed by atoms with E-state index < -0.39 is 0 Å². The first kappa shape index (κ1) is 31.6. The van der Waals surface area contributed by atoms with Gasteiger partial charge in [-0.3, -0.25) is 9.59 Å². The normalized spacial score (nSPS) is 10.8. The van der Waals surface area contributed by atoms with Crippen LogP contribution >= 0.6 is 11.3 Å². The Hall–Kier alpha value is -2.58. The molecule has 7 nitrogen and oxygen atoms in total. The lowest BCUT2D eigenvalue weighted by Crippen LogP contribution is -2.43. The first-order valence-electron chi connectivity index (χ1n) is 13.9. The van der Waals surface area contributed by atoms with Crippen LogP contribution in [0.3, 0.4) is 0 Å². The van der Waals surface area contributed by atoms with Crippen LogP contribution in [0, 0.1) is 0 Å². The van der Waals surface area contributed by atoms with E-state index in [1.807, 2.05) is 47.5 Å². The van der Waals surface area contributed by atoms with Crippen molar-refractivity contribution in [3.8, 4) is 11.5 Å². The van der Waals surface area contributed by atoms with Crippen molar-refractivity contribution in [1.82, 2.24) is 9.80 Å². The summed E-state index contributed by atoms with van der Waals surface area (Å²) in [7, 11) is 3.24. The van der Waals surface area contributed by atoms with E-state index in [0.717, 1.165) is 36.1 Å². The molecule has 0 aliphatic carbocycles. The van der Waals surface area contributed by atoms with Gasteiger partial charge >= 0.3 is 0 Å². The van der Waals surface area contributed by atoms with E-state index in [1.165, 1.54) is 12.8 Å². The van der Waals surface area contributed by atoms with E-state index in [2.05, 4.69) is 6.92 Å². The molecule has 0 radical (unpaired) electrons. The Balaban J connectivity index is 2.08. The van der Waals surface area contributed by atoms with Gasteiger partial charge in [-0.1, -0.05) is 44.7 Å². The average Bonchev–Trinajstić information content (AvgIpc) is 3.45. The zero-order valence-corrected chi connectivity index (χ0v) is 24.5. The Labute approximate surface area is 233 Å². The van der Waals surface area contributed by atoms with Crippen LogP contribution in [-0.4, -0.2) is 68.7 Å². The summed E-state index contributed by atoms with van der Waals surface area (Å²) in [6, 6.07) is 9.88. The second-order valence-electron chi connectivity index (χ2n) is 9.36. The Morgan fingerprint density at radius 3 is 2.34 bits per heavy atom. The summed E-state index contributed by atoms with van der Waals surface area (Å²) in [6.45, 7) is 7.08. The Morgan fingerprint density at radius 2 is 1.66 bits per heavy atom. The number of methoxy groups -OCH3 is 2. The number of benzene rings is 1. The van der Waals surface area contributed by atoms with E-state index in [1.54, 1.807) is 30.5 Å². The summed E-state index contributed by atoms with van der Waals surface area (Å²) in [5.74, 6) is 1.38. The van der Waals surface area contributed by atoms with E-state index in [9.17, 15) is 9.59 Å². The summed E-state index contributed by atoms with van der Waals surface area (Å²) in [5, 5.41) is 2.02. The fourth-order valence-corrected chi connectivity index (χ4v) is 5.00. The lowest BCUT2D eigenvalue weighted by molar-refractivity contribution is -0.141. The molecule has 2 aromatic rings. The number of carbonyl (C=O) groups is 2. The van der Waals surface area contributed by atoms with E-state index in [0.29, 0.717) is 57.2 Å². The highest BCUT2D eigenvalue weighted by atomic mass is 32.1. The van der Waals surface area contributed by atoms with Crippen LogP contribution in [-0.2, 0) is 27.3 Å². The molecule has 0 saturated heterocycles. The minimum atomic E-state index is -0.0328. The summed E-state index contributed by atoms with van der Waals surface area (Å²) >= 11 is 1.64. The van der Waals surface area contributed by atoms with E-state index >= 15 is 0 Å². The van der Waals surface area contributed by atoms with Crippen molar-refractivity contribution in [3.05, 3.63) is 46.2 Å². The number of unbranched alkanes of at least 4 members (excludes halogenated alkanes) is 4. The fourth-order valence-electron chi connectivity index (χ4n) is 4.28. The monoisotopic (exact) mass is 546 g/mol. The van der Waals surface area contributed by atoms with Crippen LogP contribution in [0.5, 0.6) is 11.5 Å². The zero-order chi connectivity index (χ0) is 27.6. The van der Waals surface area contributed by atoms with Gasteiger partial charge in [-0.25, -0.2) is 0 Å². The predicted octanol–water partition coefficient (Wildman–Crippen LogP) is 5.95. The Kier molecular flexibility index (Phi) is 15.5. The van der Waals surface area contributed by atoms with Gasteiger partial charge in [0, 0.05) is 37.6 Å². The maximum absolute atomic E-state index is 13.6. The second-order valence-corrected chi connectivity index (χ2v) is 10.4. The Bertz CT molecular complexity index is 935. The molecule has 212 valence electrons. The van der Waals surface area contributed by atoms with Gasteiger partial charge in [0.25, 0.3) is 0 Å². The van der Waals surface area contributed by atoms with Crippen molar-refractivity contribution in [3.63, 3.8) is 0 Å². The SMILES string of the molecule is CCCCCCCC(=O)N(CCCOCC)CC(=O)N(CCc1ccc(OC)c(OC)c1)Cc1cccs1.